The number of anilines is 1. The minimum absolute atomic E-state index is 0.0516. The van der Waals surface area contributed by atoms with Gasteiger partial charge in [0.2, 0.25) is 5.91 Å². The largest absolute Gasteiger partial charge is 0.456 e. The van der Waals surface area contributed by atoms with Crippen LogP contribution in [0.3, 0.4) is 0 Å². The molecule has 0 unspecified atom stereocenters. The fraction of sp³-hybridized carbons (Fsp3) is 0.238. The lowest BCUT2D eigenvalue weighted by molar-refractivity contribution is -0.148. The first kappa shape index (κ1) is 20.2. The maximum Gasteiger partial charge on any atom is 0.306 e. The standard InChI is InChI=1S/C21H20FN3O4/c22-16-6-8-17(9-7-16)23-19(26)14-29-21(28)11-10-20(27)25-13-12-18(24-25)15-4-2-1-3-5-15/h1-9H,10-14H2,(H,23,26). The van der Waals surface area contributed by atoms with Crippen molar-refractivity contribution < 1.29 is 23.5 Å². The van der Waals surface area contributed by atoms with Gasteiger partial charge in [-0.1, -0.05) is 30.3 Å². The van der Waals surface area contributed by atoms with E-state index in [1.54, 1.807) is 0 Å². The van der Waals surface area contributed by atoms with E-state index in [-0.39, 0.29) is 18.7 Å². The molecule has 0 aromatic heterocycles. The molecule has 0 radical (unpaired) electrons. The molecule has 1 heterocycles. The van der Waals surface area contributed by atoms with Gasteiger partial charge in [-0.05, 0) is 29.8 Å². The Bertz CT molecular complexity index is 913. The molecular weight excluding hydrogens is 377 g/mol. The van der Waals surface area contributed by atoms with Crippen LogP contribution in [0.5, 0.6) is 0 Å². The number of rotatable bonds is 7. The van der Waals surface area contributed by atoms with Crippen LogP contribution in [0.25, 0.3) is 0 Å². The van der Waals surface area contributed by atoms with Crippen LogP contribution in [0.15, 0.2) is 59.7 Å². The molecule has 0 fully saturated rings. The Kier molecular flexibility index (Phi) is 6.67. The van der Waals surface area contributed by atoms with Gasteiger partial charge < -0.3 is 10.1 Å². The van der Waals surface area contributed by atoms with Crippen LogP contribution in [0, 0.1) is 5.82 Å². The summed E-state index contributed by atoms with van der Waals surface area (Å²) < 4.78 is 17.7. The summed E-state index contributed by atoms with van der Waals surface area (Å²) >= 11 is 0. The zero-order valence-electron chi connectivity index (χ0n) is 15.6. The highest BCUT2D eigenvalue weighted by Crippen LogP contribution is 2.15. The zero-order chi connectivity index (χ0) is 20.6. The quantitative estimate of drug-likeness (QED) is 0.728. The van der Waals surface area contributed by atoms with Crippen LogP contribution < -0.4 is 5.32 Å². The monoisotopic (exact) mass is 397 g/mol. The molecule has 150 valence electrons. The smallest absolute Gasteiger partial charge is 0.306 e. The highest BCUT2D eigenvalue weighted by Gasteiger charge is 2.22. The van der Waals surface area contributed by atoms with E-state index < -0.39 is 24.3 Å². The van der Waals surface area contributed by atoms with E-state index in [0.29, 0.717) is 18.7 Å². The van der Waals surface area contributed by atoms with Gasteiger partial charge in [0.1, 0.15) is 5.82 Å². The number of nitrogens with one attached hydrogen (secondary N) is 1. The van der Waals surface area contributed by atoms with E-state index in [1.165, 1.54) is 29.3 Å². The van der Waals surface area contributed by atoms with Crippen LogP contribution in [0.1, 0.15) is 24.8 Å². The van der Waals surface area contributed by atoms with E-state index in [2.05, 4.69) is 10.4 Å². The first-order valence-electron chi connectivity index (χ1n) is 9.15. The third-order valence-electron chi connectivity index (χ3n) is 4.23. The normalized spacial score (nSPS) is 13.0. The maximum absolute atomic E-state index is 12.8. The molecule has 8 heteroatoms. The molecule has 1 aliphatic rings. The summed E-state index contributed by atoms with van der Waals surface area (Å²) in [6.45, 7) is -0.0113. The van der Waals surface area contributed by atoms with E-state index in [4.69, 9.17) is 4.74 Å². The number of halogens is 1. The fourth-order valence-electron chi connectivity index (χ4n) is 2.76. The second-order valence-electron chi connectivity index (χ2n) is 6.40. The number of carbonyl (C=O) groups excluding carboxylic acids is 3. The third-order valence-corrected chi connectivity index (χ3v) is 4.23. The van der Waals surface area contributed by atoms with Crippen molar-refractivity contribution in [2.24, 2.45) is 5.10 Å². The molecule has 1 N–H and O–H groups in total. The molecule has 29 heavy (non-hydrogen) atoms. The van der Waals surface area contributed by atoms with Gasteiger partial charge in [-0.15, -0.1) is 0 Å². The highest BCUT2D eigenvalue weighted by atomic mass is 19.1. The van der Waals surface area contributed by atoms with E-state index in [0.717, 1.165) is 11.3 Å². The van der Waals surface area contributed by atoms with Gasteiger partial charge in [-0.2, -0.15) is 5.10 Å². The number of amides is 2. The van der Waals surface area contributed by atoms with Crippen molar-refractivity contribution in [3.05, 3.63) is 66.0 Å². The van der Waals surface area contributed by atoms with Gasteiger partial charge in [0.25, 0.3) is 5.91 Å². The van der Waals surface area contributed by atoms with Crippen LogP contribution in [0.4, 0.5) is 10.1 Å². The summed E-state index contributed by atoms with van der Waals surface area (Å²) in [6, 6.07) is 14.8. The molecule has 0 bridgehead atoms. The topological polar surface area (TPSA) is 88.1 Å². The first-order valence-corrected chi connectivity index (χ1v) is 9.15. The molecule has 2 aromatic rings. The van der Waals surface area contributed by atoms with Crippen molar-refractivity contribution in [3.8, 4) is 0 Å². The Morgan fingerprint density at radius 2 is 1.76 bits per heavy atom. The number of hydrogen-bond donors (Lipinski definition) is 1. The van der Waals surface area contributed by atoms with Crippen molar-refractivity contribution in [1.82, 2.24) is 5.01 Å². The van der Waals surface area contributed by atoms with E-state index in [9.17, 15) is 18.8 Å². The van der Waals surface area contributed by atoms with Crippen molar-refractivity contribution in [2.45, 2.75) is 19.3 Å². The molecule has 2 aromatic carbocycles. The Morgan fingerprint density at radius 1 is 1.03 bits per heavy atom. The van der Waals surface area contributed by atoms with Crippen molar-refractivity contribution in [2.75, 3.05) is 18.5 Å². The summed E-state index contributed by atoms with van der Waals surface area (Å²) in [7, 11) is 0. The number of carbonyl (C=O) groups is 3. The van der Waals surface area contributed by atoms with Crippen molar-refractivity contribution in [3.63, 3.8) is 0 Å². The molecule has 3 rings (SSSR count). The molecule has 1 aliphatic heterocycles. The Hall–Kier alpha value is -3.55. The van der Waals surface area contributed by atoms with Gasteiger partial charge >= 0.3 is 5.97 Å². The third kappa shape index (κ3) is 5.97. The molecule has 0 aliphatic carbocycles. The predicted molar refractivity (Wildman–Crippen MR) is 105 cm³/mol. The summed E-state index contributed by atoms with van der Waals surface area (Å²) in [5.74, 6) is -1.90. The minimum atomic E-state index is -0.654. The molecule has 0 saturated heterocycles. The summed E-state index contributed by atoms with van der Waals surface area (Å²) in [5.41, 5.74) is 2.19. The predicted octanol–water partition coefficient (Wildman–Crippen LogP) is 2.72. The average molecular weight is 397 g/mol. The van der Waals surface area contributed by atoms with Crippen molar-refractivity contribution >= 4 is 29.2 Å². The number of ether oxygens (including phenoxy) is 1. The highest BCUT2D eigenvalue weighted by molar-refractivity contribution is 6.02. The second-order valence-corrected chi connectivity index (χ2v) is 6.40. The second kappa shape index (κ2) is 9.59. The van der Waals surface area contributed by atoms with Gasteiger partial charge in [-0.25, -0.2) is 9.40 Å². The molecule has 0 spiro atoms. The number of benzene rings is 2. The lowest BCUT2D eigenvalue weighted by atomic mass is 10.1. The summed E-state index contributed by atoms with van der Waals surface area (Å²) in [5, 5.41) is 8.16. The molecule has 2 amide bonds. The van der Waals surface area contributed by atoms with Gasteiger partial charge in [0.15, 0.2) is 6.61 Å². The Balaban J connectivity index is 1.39. The van der Waals surface area contributed by atoms with Crippen molar-refractivity contribution in [1.29, 1.82) is 0 Å². The maximum atomic E-state index is 12.8. The summed E-state index contributed by atoms with van der Waals surface area (Å²) in [6.07, 6.45) is 0.461. The lowest BCUT2D eigenvalue weighted by Crippen LogP contribution is -2.25. The van der Waals surface area contributed by atoms with E-state index in [1.807, 2.05) is 30.3 Å². The van der Waals surface area contributed by atoms with Crippen LogP contribution in [-0.2, 0) is 19.1 Å². The summed E-state index contributed by atoms with van der Waals surface area (Å²) in [4.78, 5) is 35.8. The van der Waals surface area contributed by atoms with Gasteiger partial charge in [0.05, 0.1) is 18.7 Å². The zero-order valence-corrected chi connectivity index (χ0v) is 15.6. The minimum Gasteiger partial charge on any atom is -0.456 e. The molecule has 7 nitrogen and oxygen atoms in total. The number of esters is 1. The van der Waals surface area contributed by atoms with Crippen LogP contribution in [-0.4, -0.2) is 41.7 Å². The SMILES string of the molecule is O=C(COC(=O)CCC(=O)N1CCC(c2ccccc2)=N1)Nc1ccc(F)cc1. The Labute approximate surface area is 167 Å². The lowest BCUT2D eigenvalue weighted by Gasteiger charge is -2.11. The van der Waals surface area contributed by atoms with E-state index >= 15 is 0 Å². The molecular formula is C21H20FN3O4. The fourth-order valence-corrected chi connectivity index (χ4v) is 2.76. The van der Waals surface area contributed by atoms with Gasteiger partial charge in [0, 0.05) is 18.5 Å². The van der Waals surface area contributed by atoms with Crippen LogP contribution in [0.2, 0.25) is 0 Å². The number of nitrogens with zero attached hydrogens (tertiary/aromatic N) is 2. The number of hydrazone groups is 1. The van der Waals surface area contributed by atoms with Gasteiger partial charge in [-0.3, -0.25) is 14.4 Å². The molecule has 0 saturated carbocycles. The van der Waals surface area contributed by atoms with Crippen LogP contribution >= 0.6 is 0 Å². The first-order chi connectivity index (χ1) is 14.0. The number of hydrogen-bond acceptors (Lipinski definition) is 5. The Morgan fingerprint density at radius 3 is 2.48 bits per heavy atom. The molecule has 0 atom stereocenters. The average Bonchev–Trinajstić information content (AvgIpc) is 3.23.